The Balaban J connectivity index is 2.01. The first-order chi connectivity index (χ1) is 11.6. The van der Waals surface area contributed by atoms with E-state index in [1.807, 2.05) is 30.7 Å². The van der Waals surface area contributed by atoms with Gasteiger partial charge in [0.15, 0.2) is 11.8 Å². The molecule has 2 aromatic rings. The van der Waals surface area contributed by atoms with Crippen LogP contribution in [0.2, 0.25) is 0 Å². The van der Waals surface area contributed by atoms with Gasteiger partial charge in [0.25, 0.3) is 0 Å². The fourth-order valence-corrected chi connectivity index (χ4v) is 2.17. The molecule has 0 bridgehead atoms. The number of ether oxygens (including phenoxy) is 1. The van der Waals surface area contributed by atoms with Crippen molar-refractivity contribution in [3.8, 4) is 0 Å². The Morgan fingerprint density at radius 3 is 2.67 bits per heavy atom. The summed E-state index contributed by atoms with van der Waals surface area (Å²) >= 11 is 0. The molecule has 0 spiro atoms. The third-order valence-electron chi connectivity index (χ3n) is 3.86. The van der Waals surface area contributed by atoms with Gasteiger partial charge in [-0.15, -0.1) is 10.2 Å². The smallest absolute Gasteiger partial charge is 0.192 e. The highest BCUT2D eigenvalue weighted by atomic mass is 16.5. The zero-order valence-corrected chi connectivity index (χ0v) is 14.8. The minimum absolute atomic E-state index is 0.559. The molecule has 2 rings (SSSR count). The highest BCUT2D eigenvalue weighted by Crippen LogP contribution is 2.08. The number of benzene rings is 1. The summed E-state index contributed by atoms with van der Waals surface area (Å²) in [5.41, 5.74) is 2.45. The monoisotopic (exact) mass is 330 g/mol. The Morgan fingerprint density at radius 1 is 1.21 bits per heavy atom. The number of methoxy groups -OCH3 is 1. The van der Waals surface area contributed by atoms with E-state index in [9.17, 15) is 0 Å². The summed E-state index contributed by atoms with van der Waals surface area (Å²) in [4.78, 5) is 4.66. The number of guanidine groups is 1. The van der Waals surface area contributed by atoms with Gasteiger partial charge in [-0.25, -0.2) is 4.99 Å². The van der Waals surface area contributed by atoms with E-state index in [0.29, 0.717) is 26.2 Å². The first-order valence-electron chi connectivity index (χ1n) is 8.02. The quantitative estimate of drug-likeness (QED) is 0.455. The van der Waals surface area contributed by atoms with Gasteiger partial charge in [0, 0.05) is 20.7 Å². The molecule has 7 heteroatoms. The highest BCUT2D eigenvalue weighted by Gasteiger charge is 2.06. The van der Waals surface area contributed by atoms with Crippen molar-refractivity contribution in [3.05, 3.63) is 47.0 Å². The lowest BCUT2D eigenvalue weighted by Gasteiger charge is -2.12. The molecule has 1 aromatic carbocycles. The second-order valence-corrected chi connectivity index (χ2v) is 5.59. The Kier molecular flexibility index (Phi) is 6.74. The summed E-state index contributed by atoms with van der Waals surface area (Å²) in [6, 6.07) is 8.26. The van der Waals surface area contributed by atoms with Gasteiger partial charge in [-0.3, -0.25) is 0 Å². The molecule has 1 aromatic heterocycles. The molecule has 7 nitrogen and oxygen atoms in total. The molecule has 1 heterocycles. The van der Waals surface area contributed by atoms with Crippen molar-refractivity contribution in [2.75, 3.05) is 20.3 Å². The van der Waals surface area contributed by atoms with Crippen LogP contribution in [0.3, 0.4) is 0 Å². The third kappa shape index (κ3) is 5.06. The molecule has 0 aliphatic heterocycles. The summed E-state index contributed by atoms with van der Waals surface area (Å²) < 4.78 is 7.05. The van der Waals surface area contributed by atoms with Crippen LogP contribution < -0.4 is 10.6 Å². The van der Waals surface area contributed by atoms with Crippen LogP contribution in [0.1, 0.15) is 22.8 Å². The first-order valence-corrected chi connectivity index (χ1v) is 8.02. The van der Waals surface area contributed by atoms with E-state index in [1.54, 1.807) is 7.11 Å². The molecule has 0 aliphatic rings. The minimum atomic E-state index is 0.559. The molecule has 0 radical (unpaired) electrons. The van der Waals surface area contributed by atoms with Crippen molar-refractivity contribution in [2.45, 2.75) is 26.9 Å². The number of hydrogen-bond donors (Lipinski definition) is 2. The van der Waals surface area contributed by atoms with Gasteiger partial charge in [0.2, 0.25) is 0 Å². The molecule has 0 amide bonds. The van der Waals surface area contributed by atoms with E-state index in [4.69, 9.17) is 4.74 Å². The van der Waals surface area contributed by atoms with E-state index in [1.165, 1.54) is 11.1 Å². The zero-order valence-electron chi connectivity index (χ0n) is 14.8. The summed E-state index contributed by atoms with van der Waals surface area (Å²) in [6.45, 7) is 6.51. The van der Waals surface area contributed by atoms with E-state index < -0.39 is 0 Å². The predicted molar refractivity (Wildman–Crippen MR) is 94.8 cm³/mol. The number of aryl methyl sites for hydroxylation is 2. The molecular weight excluding hydrogens is 304 g/mol. The Bertz CT molecular complexity index is 679. The zero-order chi connectivity index (χ0) is 17.4. The van der Waals surface area contributed by atoms with Gasteiger partial charge in [-0.2, -0.15) is 0 Å². The van der Waals surface area contributed by atoms with Crippen LogP contribution in [0.15, 0.2) is 29.3 Å². The average molecular weight is 330 g/mol. The summed E-state index contributed by atoms with van der Waals surface area (Å²) in [5.74, 6) is 2.48. The predicted octanol–water partition coefficient (Wildman–Crippen LogP) is 1.31. The van der Waals surface area contributed by atoms with E-state index in [-0.39, 0.29) is 0 Å². The van der Waals surface area contributed by atoms with Crippen molar-refractivity contribution in [1.82, 2.24) is 25.4 Å². The number of hydrogen-bond acceptors (Lipinski definition) is 4. The number of aromatic nitrogens is 3. The molecule has 0 aliphatic carbocycles. The summed E-state index contributed by atoms with van der Waals surface area (Å²) in [6.07, 6.45) is 0. The molecule has 2 N–H and O–H groups in total. The molecule has 24 heavy (non-hydrogen) atoms. The lowest BCUT2D eigenvalue weighted by atomic mass is 10.1. The van der Waals surface area contributed by atoms with E-state index in [0.717, 1.165) is 17.6 Å². The number of nitrogens with zero attached hydrogens (tertiary/aromatic N) is 4. The van der Waals surface area contributed by atoms with Crippen molar-refractivity contribution < 1.29 is 4.74 Å². The van der Waals surface area contributed by atoms with E-state index >= 15 is 0 Å². The molecule has 0 unspecified atom stereocenters. The third-order valence-corrected chi connectivity index (χ3v) is 3.86. The number of nitrogens with one attached hydrogen (secondary N) is 2. The summed E-state index contributed by atoms with van der Waals surface area (Å²) in [7, 11) is 3.64. The molecule has 0 fully saturated rings. The normalized spacial score (nSPS) is 11.6. The van der Waals surface area contributed by atoms with Gasteiger partial charge in [-0.05, 0) is 25.0 Å². The lowest BCUT2D eigenvalue weighted by Crippen LogP contribution is -2.39. The number of rotatable bonds is 7. The van der Waals surface area contributed by atoms with Gasteiger partial charge >= 0.3 is 0 Å². The van der Waals surface area contributed by atoms with Crippen LogP contribution >= 0.6 is 0 Å². The molecule has 0 saturated carbocycles. The van der Waals surface area contributed by atoms with Crippen LogP contribution in [-0.4, -0.2) is 41.0 Å². The van der Waals surface area contributed by atoms with Crippen LogP contribution in [0.5, 0.6) is 0 Å². The van der Waals surface area contributed by atoms with Crippen LogP contribution in [-0.2, 0) is 24.9 Å². The fourth-order valence-electron chi connectivity index (χ4n) is 2.17. The lowest BCUT2D eigenvalue weighted by molar-refractivity contribution is 0.203. The first kappa shape index (κ1) is 17.9. The maximum atomic E-state index is 5.09. The minimum Gasteiger partial charge on any atom is -0.383 e. The maximum absolute atomic E-state index is 5.09. The van der Waals surface area contributed by atoms with Gasteiger partial charge in [-0.1, -0.05) is 24.3 Å². The van der Waals surface area contributed by atoms with Gasteiger partial charge in [0.1, 0.15) is 5.82 Å². The van der Waals surface area contributed by atoms with Crippen LogP contribution in [0.25, 0.3) is 0 Å². The molecule has 0 saturated heterocycles. The van der Waals surface area contributed by atoms with Crippen molar-refractivity contribution in [1.29, 1.82) is 0 Å². The topological polar surface area (TPSA) is 76.4 Å². The second kappa shape index (κ2) is 9.02. The molecule has 0 atom stereocenters. The Hall–Kier alpha value is -2.41. The highest BCUT2D eigenvalue weighted by molar-refractivity contribution is 5.79. The Labute approximate surface area is 143 Å². The van der Waals surface area contributed by atoms with Gasteiger partial charge < -0.3 is 19.9 Å². The standard InChI is InChI=1S/C17H26N6O/c1-13-7-5-6-8-15(13)11-19-17(18-9-10-24-4)20-12-16-22-21-14(2)23(16)3/h5-8H,9-12H2,1-4H3,(H2,18,19,20). The van der Waals surface area contributed by atoms with Gasteiger partial charge in [0.05, 0.1) is 19.7 Å². The van der Waals surface area contributed by atoms with Crippen molar-refractivity contribution >= 4 is 5.96 Å². The molecule has 130 valence electrons. The SMILES string of the molecule is COCCNC(=NCc1ccccc1C)NCc1nnc(C)n1C. The van der Waals surface area contributed by atoms with Crippen molar-refractivity contribution in [2.24, 2.45) is 12.0 Å². The second-order valence-electron chi connectivity index (χ2n) is 5.59. The fraction of sp³-hybridized carbons (Fsp3) is 0.471. The van der Waals surface area contributed by atoms with E-state index in [2.05, 4.69) is 44.9 Å². The average Bonchev–Trinajstić information content (AvgIpc) is 2.90. The largest absolute Gasteiger partial charge is 0.383 e. The summed E-state index contributed by atoms with van der Waals surface area (Å²) in [5, 5.41) is 14.8. The van der Waals surface area contributed by atoms with Crippen LogP contribution in [0, 0.1) is 13.8 Å². The van der Waals surface area contributed by atoms with Crippen LogP contribution in [0.4, 0.5) is 0 Å². The Morgan fingerprint density at radius 2 is 2.00 bits per heavy atom. The number of aliphatic imine (C=N–C) groups is 1. The maximum Gasteiger partial charge on any atom is 0.192 e. The molecular formula is C17H26N6O. The van der Waals surface area contributed by atoms with Crippen molar-refractivity contribution in [3.63, 3.8) is 0 Å².